The second kappa shape index (κ2) is 8.19. The van der Waals surface area contributed by atoms with Gasteiger partial charge in [0.2, 0.25) is 5.43 Å². The average Bonchev–Trinajstić information content (AvgIpc) is 2.75. The highest BCUT2D eigenvalue weighted by molar-refractivity contribution is 5.97. The molecule has 1 aliphatic heterocycles. The standard InChI is InChI=1S/C24H27N3O2/c1-3-26-16-21(22(28)20-10-9-17(2)25-23(20)26)24(29)27-13-11-19(12-14-27)15-18-7-5-4-6-8-18/h4-10,16,19H,3,11-15H2,1-2H3. The SMILES string of the molecule is CCn1cc(C(=O)N2CCC(Cc3ccccc3)CC2)c(=O)c2ccc(C)nc21. The van der Waals surface area contributed by atoms with Crippen molar-refractivity contribution in [3.05, 3.63) is 75.7 Å². The van der Waals surface area contributed by atoms with Gasteiger partial charge >= 0.3 is 0 Å². The number of hydrogen-bond acceptors (Lipinski definition) is 3. The molecule has 0 spiro atoms. The average molecular weight is 389 g/mol. The number of nitrogens with zero attached hydrogens (tertiary/aromatic N) is 3. The van der Waals surface area contributed by atoms with Crippen molar-refractivity contribution >= 4 is 16.9 Å². The van der Waals surface area contributed by atoms with Crippen LogP contribution in [-0.2, 0) is 13.0 Å². The number of carbonyl (C=O) groups is 1. The summed E-state index contributed by atoms with van der Waals surface area (Å²) in [6.07, 6.45) is 4.68. The third-order valence-electron chi connectivity index (χ3n) is 5.90. The van der Waals surface area contributed by atoms with Crippen LogP contribution in [0.5, 0.6) is 0 Å². The van der Waals surface area contributed by atoms with Crippen molar-refractivity contribution in [1.82, 2.24) is 14.5 Å². The number of aromatic nitrogens is 2. The molecule has 3 aromatic rings. The molecule has 3 heterocycles. The minimum absolute atomic E-state index is 0.155. The van der Waals surface area contributed by atoms with Crippen molar-refractivity contribution in [2.24, 2.45) is 5.92 Å². The van der Waals surface area contributed by atoms with E-state index in [1.165, 1.54) is 5.56 Å². The Labute approximate surface area is 171 Å². The Hall–Kier alpha value is -2.95. The van der Waals surface area contributed by atoms with E-state index in [0.29, 0.717) is 36.6 Å². The van der Waals surface area contributed by atoms with Crippen LogP contribution in [0, 0.1) is 12.8 Å². The van der Waals surface area contributed by atoms with E-state index in [0.717, 1.165) is 25.0 Å². The highest BCUT2D eigenvalue weighted by atomic mass is 16.2. The van der Waals surface area contributed by atoms with Crippen LogP contribution >= 0.6 is 0 Å². The van der Waals surface area contributed by atoms with E-state index < -0.39 is 0 Å². The number of benzene rings is 1. The minimum Gasteiger partial charge on any atom is -0.338 e. The predicted molar refractivity (Wildman–Crippen MR) is 115 cm³/mol. The smallest absolute Gasteiger partial charge is 0.259 e. The first kappa shape index (κ1) is 19.4. The maximum Gasteiger partial charge on any atom is 0.259 e. The zero-order valence-corrected chi connectivity index (χ0v) is 17.1. The first-order valence-corrected chi connectivity index (χ1v) is 10.4. The molecule has 1 saturated heterocycles. The molecular weight excluding hydrogens is 362 g/mol. The van der Waals surface area contributed by atoms with Crippen LogP contribution in [-0.4, -0.2) is 33.4 Å². The topological polar surface area (TPSA) is 55.2 Å². The summed E-state index contributed by atoms with van der Waals surface area (Å²) >= 11 is 0. The van der Waals surface area contributed by atoms with Gasteiger partial charge in [0.05, 0.1) is 5.39 Å². The van der Waals surface area contributed by atoms with Gasteiger partial charge in [-0.05, 0) is 56.7 Å². The Balaban J connectivity index is 1.53. The predicted octanol–water partition coefficient (Wildman–Crippen LogP) is 3.82. The molecule has 0 N–H and O–H groups in total. The molecule has 0 bridgehead atoms. The fourth-order valence-corrected chi connectivity index (χ4v) is 4.21. The first-order valence-electron chi connectivity index (χ1n) is 10.4. The van der Waals surface area contributed by atoms with Gasteiger partial charge in [-0.3, -0.25) is 9.59 Å². The summed E-state index contributed by atoms with van der Waals surface area (Å²) in [5.41, 5.74) is 2.90. The third-order valence-corrected chi connectivity index (χ3v) is 5.90. The second-order valence-electron chi connectivity index (χ2n) is 7.91. The molecule has 1 fully saturated rings. The lowest BCUT2D eigenvalue weighted by molar-refractivity contribution is 0.0688. The highest BCUT2D eigenvalue weighted by Crippen LogP contribution is 2.23. The number of amides is 1. The number of fused-ring (bicyclic) bond motifs is 1. The number of pyridine rings is 2. The van der Waals surface area contributed by atoms with E-state index in [9.17, 15) is 9.59 Å². The lowest BCUT2D eigenvalue weighted by atomic mass is 9.90. The molecule has 1 amide bonds. The number of rotatable bonds is 4. The lowest BCUT2D eigenvalue weighted by Crippen LogP contribution is -2.41. The van der Waals surface area contributed by atoms with Gasteiger partial charge in [0, 0.05) is 31.5 Å². The summed E-state index contributed by atoms with van der Waals surface area (Å²) in [5, 5.41) is 0.516. The molecule has 5 heteroatoms. The quantitative estimate of drug-likeness (QED) is 0.682. The zero-order chi connectivity index (χ0) is 20.4. The van der Waals surface area contributed by atoms with Crippen molar-refractivity contribution in [2.75, 3.05) is 13.1 Å². The normalized spacial score (nSPS) is 15.0. The second-order valence-corrected chi connectivity index (χ2v) is 7.91. The summed E-state index contributed by atoms with van der Waals surface area (Å²) in [6.45, 7) is 5.96. The van der Waals surface area contributed by atoms with Gasteiger partial charge in [-0.15, -0.1) is 0 Å². The Morgan fingerprint density at radius 1 is 1.10 bits per heavy atom. The van der Waals surface area contributed by atoms with Crippen molar-refractivity contribution in [3.63, 3.8) is 0 Å². The van der Waals surface area contributed by atoms with Crippen LogP contribution < -0.4 is 5.43 Å². The Bertz CT molecular complexity index is 1080. The largest absolute Gasteiger partial charge is 0.338 e. The summed E-state index contributed by atoms with van der Waals surface area (Å²) in [5.74, 6) is 0.426. The van der Waals surface area contributed by atoms with Crippen LogP contribution in [0.15, 0.2) is 53.5 Å². The molecule has 1 aliphatic rings. The fourth-order valence-electron chi connectivity index (χ4n) is 4.21. The van der Waals surface area contributed by atoms with Crippen molar-refractivity contribution in [3.8, 4) is 0 Å². The summed E-state index contributed by atoms with van der Waals surface area (Å²) < 4.78 is 1.90. The van der Waals surface area contributed by atoms with E-state index in [-0.39, 0.29) is 16.9 Å². The summed E-state index contributed by atoms with van der Waals surface area (Å²) in [6, 6.07) is 14.1. The van der Waals surface area contributed by atoms with E-state index in [4.69, 9.17) is 0 Å². The Kier molecular flexibility index (Phi) is 5.47. The van der Waals surface area contributed by atoms with Gasteiger partial charge in [0.25, 0.3) is 5.91 Å². The maximum absolute atomic E-state index is 13.2. The Morgan fingerprint density at radius 2 is 1.83 bits per heavy atom. The fraction of sp³-hybridized carbons (Fsp3) is 0.375. The van der Waals surface area contributed by atoms with Gasteiger partial charge < -0.3 is 9.47 Å². The number of hydrogen-bond donors (Lipinski definition) is 0. The number of likely N-dealkylation sites (tertiary alicyclic amines) is 1. The van der Waals surface area contributed by atoms with Crippen molar-refractivity contribution in [1.29, 1.82) is 0 Å². The van der Waals surface area contributed by atoms with E-state index in [2.05, 4.69) is 29.2 Å². The van der Waals surface area contributed by atoms with E-state index >= 15 is 0 Å². The maximum atomic E-state index is 13.2. The lowest BCUT2D eigenvalue weighted by Gasteiger charge is -2.32. The molecule has 0 saturated carbocycles. The molecule has 1 aromatic carbocycles. The van der Waals surface area contributed by atoms with E-state index in [1.54, 1.807) is 12.3 Å². The molecule has 0 aliphatic carbocycles. The van der Waals surface area contributed by atoms with Gasteiger partial charge in [0.15, 0.2) is 0 Å². The van der Waals surface area contributed by atoms with Crippen molar-refractivity contribution in [2.45, 2.75) is 39.7 Å². The summed E-state index contributed by atoms with van der Waals surface area (Å²) in [4.78, 5) is 32.5. The van der Waals surface area contributed by atoms with Crippen LogP contribution in [0.25, 0.3) is 11.0 Å². The molecule has 150 valence electrons. The number of aryl methyl sites for hydroxylation is 2. The molecule has 29 heavy (non-hydrogen) atoms. The molecule has 0 radical (unpaired) electrons. The number of carbonyl (C=O) groups excluding carboxylic acids is 1. The van der Waals surface area contributed by atoms with Crippen LogP contribution in [0.1, 0.15) is 41.4 Å². The van der Waals surface area contributed by atoms with Gasteiger partial charge in [-0.2, -0.15) is 0 Å². The molecule has 4 rings (SSSR count). The molecule has 2 aromatic heterocycles. The van der Waals surface area contributed by atoms with Gasteiger partial charge in [0.1, 0.15) is 11.2 Å². The van der Waals surface area contributed by atoms with Crippen LogP contribution in [0.4, 0.5) is 0 Å². The van der Waals surface area contributed by atoms with Gasteiger partial charge in [-0.25, -0.2) is 4.98 Å². The summed E-state index contributed by atoms with van der Waals surface area (Å²) in [7, 11) is 0. The highest BCUT2D eigenvalue weighted by Gasteiger charge is 2.26. The molecule has 0 unspecified atom stereocenters. The van der Waals surface area contributed by atoms with Crippen molar-refractivity contribution < 1.29 is 4.79 Å². The zero-order valence-electron chi connectivity index (χ0n) is 17.1. The third kappa shape index (κ3) is 3.95. The first-order chi connectivity index (χ1) is 14.1. The van der Waals surface area contributed by atoms with Crippen LogP contribution in [0.3, 0.4) is 0 Å². The van der Waals surface area contributed by atoms with Gasteiger partial charge in [-0.1, -0.05) is 30.3 Å². The monoisotopic (exact) mass is 389 g/mol. The Morgan fingerprint density at radius 3 is 2.52 bits per heavy atom. The minimum atomic E-state index is -0.214. The molecular formula is C24H27N3O2. The van der Waals surface area contributed by atoms with Crippen LogP contribution in [0.2, 0.25) is 0 Å². The number of piperidine rings is 1. The molecule has 5 nitrogen and oxygen atoms in total. The molecule has 0 atom stereocenters. The van der Waals surface area contributed by atoms with E-state index in [1.807, 2.05) is 35.4 Å².